The van der Waals surface area contributed by atoms with E-state index in [9.17, 15) is 0 Å². The number of aliphatic imine (C=N–C) groups is 1. The van der Waals surface area contributed by atoms with Gasteiger partial charge in [0, 0.05) is 37.4 Å². The fourth-order valence-electron chi connectivity index (χ4n) is 2.79. The predicted octanol–water partition coefficient (Wildman–Crippen LogP) is 3.36. The second kappa shape index (κ2) is 5.63. The molecule has 1 unspecified atom stereocenters. The summed E-state index contributed by atoms with van der Waals surface area (Å²) in [6.45, 7) is 1.11. The minimum absolute atomic E-state index is 0.428. The van der Waals surface area contributed by atoms with Gasteiger partial charge in [0.05, 0.1) is 5.69 Å². The van der Waals surface area contributed by atoms with Gasteiger partial charge in [0.25, 0.3) is 0 Å². The Hall–Kier alpha value is -1.87. The molecule has 0 bridgehead atoms. The number of rotatable bonds is 3. The van der Waals surface area contributed by atoms with Crippen LogP contribution in [0.1, 0.15) is 12.8 Å². The normalized spacial score (nSPS) is 19.0. The molecule has 1 aliphatic heterocycles. The van der Waals surface area contributed by atoms with Crippen molar-refractivity contribution in [3.63, 3.8) is 0 Å². The zero-order chi connectivity index (χ0) is 13.9. The molecule has 3 nitrogen and oxygen atoms in total. The molecule has 2 aromatic rings. The van der Waals surface area contributed by atoms with E-state index in [0.29, 0.717) is 6.04 Å². The highest BCUT2D eigenvalue weighted by molar-refractivity contribution is 6.03. The van der Waals surface area contributed by atoms with Crippen LogP contribution in [-0.4, -0.2) is 32.9 Å². The van der Waals surface area contributed by atoms with Crippen molar-refractivity contribution in [1.82, 2.24) is 5.32 Å². The van der Waals surface area contributed by atoms with Gasteiger partial charge in [0.1, 0.15) is 0 Å². The van der Waals surface area contributed by atoms with E-state index in [4.69, 9.17) is 4.99 Å². The highest BCUT2D eigenvalue weighted by atomic mass is 15.1. The standard InChI is InChI=1S/C17H21N3/c1-20(2)16-10-4-7-13-6-3-9-15(17(13)16)19-12-14-8-5-11-18-14/h3-4,6-7,9-10,12,14,18H,5,8,11H2,1-2H3. The molecule has 0 amide bonds. The molecule has 0 spiro atoms. The Labute approximate surface area is 120 Å². The molecule has 1 heterocycles. The fraction of sp³-hybridized carbons (Fsp3) is 0.353. The lowest BCUT2D eigenvalue weighted by atomic mass is 10.1. The Morgan fingerprint density at radius 2 is 2.00 bits per heavy atom. The highest BCUT2D eigenvalue weighted by Crippen LogP contribution is 2.33. The maximum atomic E-state index is 4.75. The smallest absolute Gasteiger partial charge is 0.0725 e. The minimum Gasteiger partial charge on any atom is -0.377 e. The summed E-state index contributed by atoms with van der Waals surface area (Å²) in [5.74, 6) is 0. The lowest BCUT2D eigenvalue weighted by Gasteiger charge is -2.16. The van der Waals surface area contributed by atoms with Gasteiger partial charge in [0.2, 0.25) is 0 Å². The van der Waals surface area contributed by atoms with Crippen molar-refractivity contribution in [2.75, 3.05) is 25.5 Å². The molecule has 104 valence electrons. The molecule has 0 saturated carbocycles. The number of nitrogens with zero attached hydrogens (tertiary/aromatic N) is 2. The van der Waals surface area contributed by atoms with Crippen LogP contribution in [0.5, 0.6) is 0 Å². The molecule has 1 aliphatic rings. The first kappa shape index (κ1) is 13.1. The fourth-order valence-corrected chi connectivity index (χ4v) is 2.79. The molecular weight excluding hydrogens is 246 g/mol. The topological polar surface area (TPSA) is 27.6 Å². The van der Waals surface area contributed by atoms with Crippen LogP contribution in [0.2, 0.25) is 0 Å². The van der Waals surface area contributed by atoms with E-state index in [1.54, 1.807) is 0 Å². The Morgan fingerprint density at radius 3 is 2.70 bits per heavy atom. The molecule has 0 aliphatic carbocycles. The predicted molar refractivity (Wildman–Crippen MR) is 87.5 cm³/mol. The summed E-state index contributed by atoms with van der Waals surface area (Å²) < 4.78 is 0. The molecule has 3 heteroatoms. The zero-order valence-corrected chi connectivity index (χ0v) is 12.1. The molecule has 1 saturated heterocycles. The Morgan fingerprint density at radius 1 is 1.20 bits per heavy atom. The van der Waals surface area contributed by atoms with Crippen LogP contribution in [0.3, 0.4) is 0 Å². The Balaban J connectivity index is 2.05. The minimum atomic E-state index is 0.428. The first-order valence-electron chi connectivity index (χ1n) is 7.22. The number of anilines is 1. The van der Waals surface area contributed by atoms with Gasteiger partial charge >= 0.3 is 0 Å². The summed E-state index contributed by atoms with van der Waals surface area (Å²) in [5.41, 5.74) is 2.27. The summed E-state index contributed by atoms with van der Waals surface area (Å²) in [6, 6.07) is 13.2. The molecule has 1 N–H and O–H groups in total. The molecule has 2 aromatic carbocycles. The van der Waals surface area contributed by atoms with Crippen molar-refractivity contribution >= 4 is 28.4 Å². The summed E-state index contributed by atoms with van der Waals surface area (Å²) in [6.07, 6.45) is 4.50. The first-order chi connectivity index (χ1) is 9.75. The number of hydrogen-bond acceptors (Lipinski definition) is 3. The zero-order valence-electron chi connectivity index (χ0n) is 12.1. The highest BCUT2D eigenvalue weighted by Gasteiger charge is 2.12. The monoisotopic (exact) mass is 267 g/mol. The van der Waals surface area contributed by atoms with Crippen LogP contribution in [0.15, 0.2) is 41.4 Å². The second-order valence-electron chi connectivity index (χ2n) is 5.53. The van der Waals surface area contributed by atoms with Gasteiger partial charge in [-0.3, -0.25) is 4.99 Å². The van der Waals surface area contributed by atoms with Crippen LogP contribution in [0.25, 0.3) is 10.8 Å². The summed E-state index contributed by atoms with van der Waals surface area (Å²) in [7, 11) is 4.15. The van der Waals surface area contributed by atoms with Gasteiger partial charge < -0.3 is 10.2 Å². The van der Waals surface area contributed by atoms with Crippen molar-refractivity contribution < 1.29 is 0 Å². The van der Waals surface area contributed by atoms with E-state index in [0.717, 1.165) is 12.2 Å². The SMILES string of the molecule is CN(C)c1cccc2cccc(N=CC3CCCN3)c12. The average Bonchev–Trinajstić information content (AvgIpc) is 2.97. The van der Waals surface area contributed by atoms with Gasteiger partial charge in [-0.1, -0.05) is 24.3 Å². The molecule has 0 radical (unpaired) electrons. The van der Waals surface area contributed by atoms with E-state index in [-0.39, 0.29) is 0 Å². The van der Waals surface area contributed by atoms with E-state index in [2.05, 4.69) is 66.9 Å². The van der Waals surface area contributed by atoms with Crippen molar-refractivity contribution in [1.29, 1.82) is 0 Å². The van der Waals surface area contributed by atoms with Crippen LogP contribution in [0.4, 0.5) is 11.4 Å². The van der Waals surface area contributed by atoms with Crippen molar-refractivity contribution in [2.45, 2.75) is 18.9 Å². The number of benzene rings is 2. The van der Waals surface area contributed by atoms with E-state index < -0.39 is 0 Å². The molecule has 1 fully saturated rings. The number of nitrogens with one attached hydrogen (secondary N) is 1. The van der Waals surface area contributed by atoms with E-state index in [1.807, 2.05) is 0 Å². The molecule has 20 heavy (non-hydrogen) atoms. The molecular formula is C17H21N3. The lowest BCUT2D eigenvalue weighted by molar-refractivity contribution is 0.775. The summed E-state index contributed by atoms with van der Waals surface area (Å²) >= 11 is 0. The maximum absolute atomic E-state index is 4.75. The van der Waals surface area contributed by atoms with Gasteiger partial charge in [-0.2, -0.15) is 0 Å². The number of fused-ring (bicyclic) bond motifs is 1. The van der Waals surface area contributed by atoms with Crippen LogP contribution in [0, 0.1) is 0 Å². The lowest BCUT2D eigenvalue weighted by Crippen LogP contribution is -2.22. The average molecular weight is 267 g/mol. The second-order valence-corrected chi connectivity index (χ2v) is 5.53. The quantitative estimate of drug-likeness (QED) is 0.864. The third-order valence-electron chi connectivity index (χ3n) is 3.83. The van der Waals surface area contributed by atoms with E-state index >= 15 is 0 Å². The van der Waals surface area contributed by atoms with Crippen LogP contribution in [-0.2, 0) is 0 Å². The van der Waals surface area contributed by atoms with Gasteiger partial charge in [-0.25, -0.2) is 0 Å². The Bertz CT molecular complexity index is 620. The molecule has 1 atom stereocenters. The van der Waals surface area contributed by atoms with Crippen molar-refractivity contribution in [3.05, 3.63) is 36.4 Å². The van der Waals surface area contributed by atoms with E-state index in [1.165, 1.54) is 29.3 Å². The molecule has 3 rings (SSSR count). The first-order valence-corrected chi connectivity index (χ1v) is 7.22. The maximum Gasteiger partial charge on any atom is 0.0725 e. The Kier molecular flexibility index (Phi) is 3.70. The number of hydrogen-bond donors (Lipinski definition) is 1. The summed E-state index contributed by atoms with van der Waals surface area (Å²) in [5, 5.41) is 5.92. The van der Waals surface area contributed by atoms with Crippen molar-refractivity contribution in [3.8, 4) is 0 Å². The van der Waals surface area contributed by atoms with Crippen LogP contribution >= 0.6 is 0 Å². The van der Waals surface area contributed by atoms with Crippen LogP contribution < -0.4 is 10.2 Å². The largest absolute Gasteiger partial charge is 0.377 e. The third kappa shape index (κ3) is 2.54. The van der Waals surface area contributed by atoms with Gasteiger partial charge in [-0.05, 0) is 36.9 Å². The molecule has 0 aromatic heterocycles. The summed E-state index contributed by atoms with van der Waals surface area (Å²) in [4.78, 5) is 6.89. The van der Waals surface area contributed by atoms with Crippen molar-refractivity contribution in [2.24, 2.45) is 4.99 Å². The van der Waals surface area contributed by atoms with Gasteiger partial charge in [0.15, 0.2) is 0 Å². The van der Waals surface area contributed by atoms with Gasteiger partial charge in [-0.15, -0.1) is 0 Å². The third-order valence-corrected chi connectivity index (χ3v) is 3.83.